The van der Waals surface area contributed by atoms with Crippen LogP contribution in [0.15, 0.2) is 24.3 Å². The Balaban J connectivity index is 2.71. The minimum absolute atomic E-state index is 0.435. The van der Waals surface area contributed by atoms with Gasteiger partial charge in [0.25, 0.3) is 0 Å². The Labute approximate surface area is 98.2 Å². The highest BCUT2D eigenvalue weighted by molar-refractivity contribution is 5.33. The lowest BCUT2D eigenvalue weighted by atomic mass is 10.1. The van der Waals surface area contributed by atoms with Crippen molar-refractivity contribution in [3.8, 4) is 5.75 Å². The van der Waals surface area contributed by atoms with Crippen LogP contribution in [-0.4, -0.2) is 31.6 Å². The molecule has 2 N–H and O–H groups in total. The molecular weight excluding hydrogens is 200 g/mol. The van der Waals surface area contributed by atoms with Gasteiger partial charge >= 0.3 is 0 Å². The average Bonchev–Trinajstić information content (AvgIpc) is 2.31. The SMILES string of the molecule is CCC(CN)N(C)Cc1ccccc1OC. The maximum atomic E-state index is 5.74. The number of ether oxygens (including phenoxy) is 1. The number of benzene rings is 1. The predicted molar refractivity (Wildman–Crippen MR) is 67.6 cm³/mol. The van der Waals surface area contributed by atoms with Gasteiger partial charge in [0.2, 0.25) is 0 Å². The Bertz CT molecular complexity index is 311. The van der Waals surface area contributed by atoms with Gasteiger partial charge < -0.3 is 10.5 Å². The number of para-hydroxylation sites is 1. The van der Waals surface area contributed by atoms with Gasteiger partial charge in [0.05, 0.1) is 7.11 Å². The summed E-state index contributed by atoms with van der Waals surface area (Å²) in [7, 11) is 3.81. The molecule has 0 aromatic heterocycles. The number of nitrogens with two attached hydrogens (primary N) is 1. The number of hydrogen-bond donors (Lipinski definition) is 1. The smallest absolute Gasteiger partial charge is 0.123 e. The largest absolute Gasteiger partial charge is 0.496 e. The van der Waals surface area contributed by atoms with Crippen LogP contribution in [0.5, 0.6) is 5.75 Å². The van der Waals surface area contributed by atoms with Gasteiger partial charge in [0.15, 0.2) is 0 Å². The average molecular weight is 222 g/mol. The molecule has 1 atom stereocenters. The van der Waals surface area contributed by atoms with Crippen LogP contribution in [0.25, 0.3) is 0 Å². The molecule has 1 unspecified atom stereocenters. The minimum Gasteiger partial charge on any atom is -0.496 e. The Morgan fingerprint density at radius 1 is 1.38 bits per heavy atom. The predicted octanol–water partition coefficient (Wildman–Crippen LogP) is 1.86. The quantitative estimate of drug-likeness (QED) is 0.798. The molecule has 3 nitrogen and oxygen atoms in total. The van der Waals surface area contributed by atoms with Gasteiger partial charge in [-0.1, -0.05) is 25.1 Å². The van der Waals surface area contributed by atoms with Crippen molar-refractivity contribution in [2.24, 2.45) is 5.73 Å². The number of rotatable bonds is 6. The van der Waals surface area contributed by atoms with Crippen molar-refractivity contribution >= 4 is 0 Å². The molecule has 0 fully saturated rings. The molecule has 0 heterocycles. The molecule has 90 valence electrons. The first kappa shape index (κ1) is 13.0. The molecule has 1 aromatic carbocycles. The first-order valence-electron chi connectivity index (χ1n) is 5.75. The molecule has 1 rings (SSSR count). The lowest BCUT2D eigenvalue weighted by Crippen LogP contribution is -2.36. The fraction of sp³-hybridized carbons (Fsp3) is 0.538. The van der Waals surface area contributed by atoms with E-state index in [4.69, 9.17) is 10.5 Å². The Morgan fingerprint density at radius 3 is 2.62 bits per heavy atom. The minimum atomic E-state index is 0.435. The van der Waals surface area contributed by atoms with Crippen molar-refractivity contribution < 1.29 is 4.74 Å². The second kappa shape index (κ2) is 6.51. The van der Waals surface area contributed by atoms with Gasteiger partial charge in [-0.2, -0.15) is 0 Å². The van der Waals surface area contributed by atoms with E-state index in [0.29, 0.717) is 12.6 Å². The summed E-state index contributed by atoms with van der Waals surface area (Å²) >= 11 is 0. The monoisotopic (exact) mass is 222 g/mol. The zero-order valence-corrected chi connectivity index (χ0v) is 10.4. The summed E-state index contributed by atoms with van der Waals surface area (Å²) in [5.74, 6) is 0.946. The molecule has 0 spiro atoms. The van der Waals surface area contributed by atoms with Gasteiger partial charge in [-0.25, -0.2) is 0 Å². The highest BCUT2D eigenvalue weighted by Crippen LogP contribution is 2.19. The molecule has 16 heavy (non-hydrogen) atoms. The van der Waals surface area contributed by atoms with Gasteiger partial charge in [-0.15, -0.1) is 0 Å². The van der Waals surface area contributed by atoms with Crippen LogP contribution in [0.1, 0.15) is 18.9 Å². The standard InChI is InChI=1S/C13H22N2O/c1-4-12(9-14)15(2)10-11-7-5-6-8-13(11)16-3/h5-8,12H,4,9-10,14H2,1-3H3. The highest BCUT2D eigenvalue weighted by atomic mass is 16.5. The van der Waals surface area contributed by atoms with E-state index in [2.05, 4.69) is 24.9 Å². The first-order chi connectivity index (χ1) is 7.72. The normalized spacial score (nSPS) is 12.8. The summed E-state index contributed by atoms with van der Waals surface area (Å²) in [6.07, 6.45) is 1.07. The van der Waals surface area contributed by atoms with E-state index >= 15 is 0 Å². The number of nitrogens with zero attached hydrogens (tertiary/aromatic N) is 1. The van der Waals surface area contributed by atoms with Gasteiger partial charge in [0.1, 0.15) is 5.75 Å². The van der Waals surface area contributed by atoms with Crippen LogP contribution in [0.3, 0.4) is 0 Å². The highest BCUT2D eigenvalue weighted by Gasteiger charge is 2.12. The second-order valence-electron chi connectivity index (χ2n) is 4.02. The van der Waals surface area contributed by atoms with Crippen LogP contribution in [0, 0.1) is 0 Å². The Morgan fingerprint density at radius 2 is 2.06 bits per heavy atom. The summed E-state index contributed by atoms with van der Waals surface area (Å²) in [5, 5.41) is 0. The van der Waals surface area contributed by atoms with Crippen LogP contribution in [-0.2, 0) is 6.54 Å². The van der Waals surface area contributed by atoms with Crippen molar-refractivity contribution in [3.63, 3.8) is 0 Å². The molecule has 0 amide bonds. The summed E-state index contributed by atoms with van der Waals surface area (Å²) in [5.41, 5.74) is 6.94. The Hall–Kier alpha value is -1.06. The third-order valence-electron chi connectivity index (χ3n) is 2.98. The van der Waals surface area contributed by atoms with E-state index in [1.54, 1.807) is 7.11 Å². The van der Waals surface area contributed by atoms with Crippen molar-refractivity contribution in [2.45, 2.75) is 25.9 Å². The topological polar surface area (TPSA) is 38.5 Å². The van der Waals surface area contributed by atoms with Crippen molar-refractivity contribution in [2.75, 3.05) is 20.7 Å². The Kier molecular flexibility index (Phi) is 5.29. The third kappa shape index (κ3) is 3.22. The molecule has 0 saturated carbocycles. The van der Waals surface area contributed by atoms with E-state index in [-0.39, 0.29) is 0 Å². The zero-order valence-electron chi connectivity index (χ0n) is 10.4. The molecule has 0 aliphatic heterocycles. The second-order valence-corrected chi connectivity index (χ2v) is 4.02. The number of hydrogen-bond acceptors (Lipinski definition) is 3. The van der Waals surface area contributed by atoms with E-state index in [1.165, 1.54) is 5.56 Å². The molecule has 0 radical (unpaired) electrons. The summed E-state index contributed by atoms with van der Waals surface area (Å²) in [6.45, 7) is 3.73. The van der Waals surface area contributed by atoms with Crippen molar-refractivity contribution in [1.82, 2.24) is 4.90 Å². The first-order valence-corrected chi connectivity index (χ1v) is 5.75. The maximum Gasteiger partial charge on any atom is 0.123 e. The lowest BCUT2D eigenvalue weighted by Gasteiger charge is -2.26. The molecule has 0 bridgehead atoms. The lowest BCUT2D eigenvalue weighted by molar-refractivity contribution is 0.230. The van der Waals surface area contributed by atoms with Crippen LogP contribution in [0.4, 0.5) is 0 Å². The van der Waals surface area contributed by atoms with Crippen molar-refractivity contribution in [3.05, 3.63) is 29.8 Å². The molecule has 0 aliphatic carbocycles. The molecule has 0 aliphatic rings. The van der Waals surface area contributed by atoms with Gasteiger partial charge in [-0.05, 0) is 19.5 Å². The van der Waals surface area contributed by atoms with Gasteiger partial charge in [-0.3, -0.25) is 4.90 Å². The van der Waals surface area contributed by atoms with Crippen molar-refractivity contribution in [1.29, 1.82) is 0 Å². The fourth-order valence-electron chi connectivity index (χ4n) is 1.89. The van der Waals surface area contributed by atoms with Gasteiger partial charge in [0, 0.05) is 24.7 Å². The summed E-state index contributed by atoms with van der Waals surface area (Å²) < 4.78 is 5.34. The number of methoxy groups -OCH3 is 1. The summed E-state index contributed by atoms with van der Waals surface area (Å²) in [6, 6.07) is 8.55. The molecular formula is C13H22N2O. The van der Waals surface area contributed by atoms with E-state index in [0.717, 1.165) is 18.7 Å². The number of likely N-dealkylation sites (N-methyl/N-ethyl adjacent to an activating group) is 1. The maximum absolute atomic E-state index is 5.74. The van der Waals surface area contributed by atoms with Crippen LogP contribution < -0.4 is 10.5 Å². The van der Waals surface area contributed by atoms with Crippen LogP contribution >= 0.6 is 0 Å². The molecule has 1 aromatic rings. The fourth-order valence-corrected chi connectivity index (χ4v) is 1.89. The molecule has 3 heteroatoms. The van der Waals surface area contributed by atoms with E-state index in [1.807, 2.05) is 18.2 Å². The van der Waals surface area contributed by atoms with E-state index in [9.17, 15) is 0 Å². The summed E-state index contributed by atoms with van der Waals surface area (Å²) in [4.78, 5) is 2.28. The van der Waals surface area contributed by atoms with Crippen LogP contribution in [0.2, 0.25) is 0 Å². The van der Waals surface area contributed by atoms with E-state index < -0.39 is 0 Å². The molecule has 0 saturated heterocycles. The third-order valence-corrected chi connectivity index (χ3v) is 2.98. The zero-order chi connectivity index (χ0) is 12.0.